The van der Waals surface area contributed by atoms with Crippen LogP contribution < -0.4 is 5.73 Å². The summed E-state index contributed by atoms with van der Waals surface area (Å²) in [6, 6.07) is 8.47. The number of aryl methyl sites for hydroxylation is 2. The van der Waals surface area contributed by atoms with E-state index in [0.29, 0.717) is 6.54 Å². The molecule has 16 heavy (non-hydrogen) atoms. The second kappa shape index (κ2) is 4.49. The van der Waals surface area contributed by atoms with Crippen LogP contribution in [0.15, 0.2) is 24.3 Å². The molecule has 2 aromatic rings. The lowest BCUT2D eigenvalue weighted by atomic mass is 10.0. The van der Waals surface area contributed by atoms with Gasteiger partial charge in [-0.25, -0.2) is 0 Å². The van der Waals surface area contributed by atoms with E-state index in [9.17, 15) is 0 Å². The van der Waals surface area contributed by atoms with Gasteiger partial charge in [0, 0.05) is 17.7 Å². The fraction of sp³-hybridized carbons (Fsp3) is 0.308. The molecule has 0 amide bonds. The van der Waals surface area contributed by atoms with E-state index in [-0.39, 0.29) is 0 Å². The molecule has 84 valence electrons. The van der Waals surface area contributed by atoms with Crippen LogP contribution >= 0.6 is 0 Å². The SMILES string of the molecule is Cc1cccc(-c2c(CCN)n[nH]c2C)c1. The molecule has 0 fully saturated rings. The van der Waals surface area contributed by atoms with Crippen LogP contribution in [-0.2, 0) is 6.42 Å². The average Bonchev–Trinajstić information content (AvgIpc) is 2.60. The van der Waals surface area contributed by atoms with E-state index < -0.39 is 0 Å². The van der Waals surface area contributed by atoms with Crippen molar-refractivity contribution in [3.63, 3.8) is 0 Å². The van der Waals surface area contributed by atoms with E-state index >= 15 is 0 Å². The second-order valence-corrected chi connectivity index (χ2v) is 4.08. The standard InChI is InChI=1S/C13H17N3/c1-9-4-3-5-11(8-9)13-10(2)15-16-12(13)6-7-14/h3-5,8H,6-7,14H2,1-2H3,(H,15,16). The number of hydrogen-bond acceptors (Lipinski definition) is 2. The number of hydrogen-bond donors (Lipinski definition) is 2. The van der Waals surface area contributed by atoms with Crippen LogP contribution in [0.25, 0.3) is 11.1 Å². The molecule has 0 atom stereocenters. The minimum atomic E-state index is 0.628. The summed E-state index contributed by atoms with van der Waals surface area (Å²) in [7, 11) is 0. The molecule has 0 unspecified atom stereocenters. The summed E-state index contributed by atoms with van der Waals surface area (Å²) in [5, 5.41) is 7.34. The van der Waals surface area contributed by atoms with Crippen LogP contribution in [-0.4, -0.2) is 16.7 Å². The number of H-pyrrole nitrogens is 1. The van der Waals surface area contributed by atoms with Crippen LogP contribution in [0.3, 0.4) is 0 Å². The van der Waals surface area contributed by atoms with Gasteiger partial charge in [-0.3, -0.25) is 5.10 Å². The summed E-state index contributed by atoms with van der Waals surface area (Å²) in [6.45, 7) is 4.77. The molecule has 0 saturated carbocycles. The number of benzene rings is 1. The summed E-state index contributed by atoms with van der Waals surface area (Å²) < 4.78 is 0. The fourth-order valence-electron chi connectivity index (χ4n) is 1.98. The third-order valence-corrected chi connectivity index (χ3v) is 2.71. The van der Waals surface area contributed by atoms with E-state index in [2.05, 4.69) is 41.4 Å². The van der Waals surface area contributed by atoms with Gasteiger partial charge in [0.15, 0.2) is 0 Å². The molecule has 0 spiro atoms. The van der Waals surface area contributed by atoms with E-state index in [1.54, 1.807) is 0 Å². The van der Waals surface area contributed by atoms with Gasteiger partial charge in [0.05, 0.1) is 5.69 Å². The molecule has 3 nitrogen and oxygen atoms in total. The quantitative estimate of drug-likeness (QED) is 0.824. The fourth-order valence-corrected chi connectivity index (χ4v) is 1.98. The van der Waals surface area contributed by atoms with Crippen molar-refractivity contribution >= 4 is 0 Å². The van der Waals surface area contributed by atoms with Crippen LogP contribution in [0.5, 0.6) is 0 Å². The highest BCUT2D eigenvalue weighted by Gasteiger charge is 2.11. The van der Waals surface area contributed by atoms with Crippen molar-refractivity contribution in [2.24, 2.45) is 5.73 Å². The Bertz CT molecular complexity index is 486. The number of nitrogens with two attached hydrogens (primary N) is 1. The van der Waals surface area contributed by atoms with Gasteiger partial charge in [-0.1, -0.05) is 29.8 Å². The van der Waals surface area contributed by atoms with E-state index in [4.69, 9.17) is 5.73 Å². The van der Waals surface area contributed by atoms with Crippen molar-refractivity contribution in [2.75, 3.05) is 6.54 Å². The second-order valence-electron chi connectivity index (χ2n) is 4.08. The summed E-state index contributed by atoms with van der Waals surface area (Å²) in [5.74, 6) is 0. The zero-order valence-electron chi connectivity index (χ0n) is 9.75. The molecule has 1 aromatic heterocycles. The molecule has 3 N–H and O–H groups in total. The van der Waals surface area contributed by atoms with Gasteiger partial charge in [-0.2, -0.15) is 5.10 Å². The number of rotatable bonds is 3. The third-order valence-electron chi connectivity index (χ3n) is 2.71. The van der Waals surface area contributed by atoms with Crippen LogP contribution in [0.2, 0.25) is 0 Å². The lowest BCUT2D eigenvalue weighted by Gasteiger charge is -2.04. The molecule has 0 aliphatic rings. The van der Waals surface area contributed by atoms with Gasteiger partial charge in [0.2, 0.25) is 0 Å². The summed E-state index contributed by atoms with van der Waals surface area (Å²) in [5.41, 5.74) is 11.4. The Kier molecular flexibility index (Phi) is 3.06. The molecular weight excluding hydrogens is 198 g/mol. The first-order chi connectivity index (χ1) is 7.72. The van der Waals surface area contributed by atoms with Crippen molar-refractivity contribution in [3.8, 4) is 11.1 Å². The van der Waals surface area contributed by atoms with Gasteiger partial charge in [0.1, 0.15) is 0 Å². The number of aromatic amines is 1. The Morgan fingerprint density at radius 3 is 2.81 bits per heavy atom. The van der Waals surface area contributed by atoms with Crippen molar-refractivity contribution < 1.29 is 0 Å². The molecule has 2 rings (SSSR count). The average molecular weight is 215 g/mol. The molecule has 3 heteroatoms. The predicted octanol–water partition coefficient (Wildman–Crippen LogP) is 2.19. The highest BCUT2D eigenvalue weighted by Crippen LogP contribution is 2.26. The first-order valence-electron chi connectivity index (χ1n) is 5.53. The van der Waals surface area contributed by atoms with E-state index in [0.717, 1.165) is 17.8 Å². The number of nitrogens with zero attached hydrogens (tertiary/aromatic N) is 1. The minimum Gasteiger partial charge on any atom is -0.330 e. The molecule has 1 heterocycles. The Hall–Kier alpha value is -1.61. The van der Waals surface area contributed by atoms with Crippen molar-refractivity contribution in [2.45, 2.75) is 20.3 Å². The number of nitrogens with one attached hydrogen (secondary N) is 1. The largest absolute Gasteiger partial charge is 0.330 e. The number of aromatic nitrogens is 2. The minimum absolute atomic E-state index is 0.628. The molecule has 0 aliphatic carbocycles. The summed E-state index contributed by atoms with van der Waals surface area (Å²) >= 11 is 0. The van der Waals surface area contributed by atoms with Gasteiger partial charge in [-0.05, 0) is 26.0 Å². The first-order valence-corrected chi connectivity index (χ1v) is 5.53. The maximum Gasteiger partial charge on any atom is 0.0715 e. The van der Waals surface area contributed by atoms with Crippen LogP contribution in [0.4, 0.5) is 0 Å². The van der Waals surface area contributed by atoms with Crippen molar-refractivity contribution in [3.05, 3.63) is 41.2 Å². The van der Waals surface area contributed by atoms with Gasteiger partial charge in [0.25, 0.3) is 0 Å². The van der Waals surface area contributed by atoms with Gasteiger partial charge in [-0.15, -0.1) is 0 Å². The molecule has 0 aliphatic heterocycles. The summed E-state index contributed by atoms with van der Waals surface area (Å²) in [6.07, 6.45) is 0.813. The zero-order chi connectivity index (χ0) is 11.5. The van der Waals surface area contributed by atoms with E-state index in [1.807, 2.05) is 6.92 Å². The normalized spacial score (nSPS) is 10.7. The smallest absolute Gasteiger partial charge is 0.0715 e. The Balaban J connectivity index is 2.50. The highest BCUT2D eigenvalue weighted by atomic mass is 15.1. The van der Waals surface area contributed by atoms with Crippen LogP contribution in [0, 0.1) is 13.8 Å². The van der Waals surface area contributed by atoms with Gasteiger partial charge >= 0.3 is 0 Å². The van der Waals surface area contributed by atoms with Crippen LogP contribution in [0.1, 0.15) is 17.0 Å². The molecule has 0 radical (unpaired) electrons. The summed E-state index contributed by atoms with van der Waals surface area (Å²) in [4.78, 5) is 0. The first kappa shape index (κ1) is 10.9. The highest BCUT2D eigenvalue weighted by molar-refractivity contribution is 5.69. The van der Waals surface area contributed by atoms with Crippen molar-refractivity contribution in [1.29, 1.82) is 0 Å². The lowest BCUT2D eigenvalue weighted by molar-refractivity contribution is 0.899. The molecule has 0 saturated heterocycles. The zero-order valence-corrected chi connectivity index (χ0v) is 9.75. The third kappa shape index (κ3) is 1.99. The maximum absolute atomic E-state index is 5.59. The van der Waals surface area contributed by atoms with Gasteiger partial charge < -0.3 is 5.73 Å². The Labute approximate surface area is 95.7 Å². The van der Waals surface area contributed by atoms with E-state index in [1.165, 1.54) is 16.7 Å². The molecule has 0 bridgehead atoms. The van der Waals surface area contributed by atoms with Crippen molar-refractivity contribution in [1.82, 2.24) is 10.2 Å². The molecular formula is C13H17N3. The lowest BCUT2D eigenvalue weighted by Crippen LogP contribution is -2.04. The predicted molar refractivity (Wildman–Crippen MR) is 66.3 cm³/mol. The topological polar surface area (TPSA) is 54.7 Å². The maximum atomic E-state index is 5.59. The monoisotopic (exact) mass is 215 g/mol. The molecule has 1 aromatic carbocycles. The Morgan fingerprint density at radius 1 is 1.31 bits per heavy atom. The Morgan fingerprint density at radius 2 is 2.12 bits per heavy atom.